The number of hydrogen-bond donors (Lipinski definition) is 1. The molecule has 0 bridgehead atoms. The summed E-state index contributed by atoms with van der Waals surface area (Å²) in [6.07, 6.45) is 2.96. The number of likely N-dealkylation sites (N-methyl/N-ethyl adjacent to an activating group) is 1. The molecule has 4 nitrogen and oxygen atoms in total. The summed E-state index contributed by atoms with van der Waals surface area (Å²) in [5.74, 6) is 0.830. The van der Waals surface area contributed by atoms with E-state index in [1.165, 1.54) is 17.0 Å². The van der Waals surface area contributed by atoms with Crippen LogP contribution in [0.5, 0.6) is 0 Å². The minimum absolute atomic E-state index is 0.830. The highest BCUT2D eigenvalue weighted by atomic mass is 15.2. The van der Waals surface area contributed by atoms with Crippen LogP contribution >= 0.6 is 0 Å². The topological polar surface area (TPSA) is 41.1 Å². The summed E-state index contributed by atoms with van der Waals surface area (Å²) in [4.78, 5) is 11.3. The second-order valence-electron chi connectivity index (χ2n) is 4.60. The molecule has 0 spiro atoms. The van der Waals surface area contributed by atoms with Gasteiger partial charge in [-0.05, 0) is 37.9 Å². The van der Waals surface area contributed by atoms with Crippen molar-refractivity contribution in [3.8, 4) is 0 Å². The Kier molecular flexibility index (Phi) is 6.05. The van der Waals surface area contributed by atoms with Crippen LogP contribution in [0.4, 0.5) is 5.95 Å². The van der Waals surface area contributed by atoms with Gasteiger partial charge in [0.15, 0.2) is 0 Å². The molecule has 0 saturated carbocycles. The third-order valence-electron chi connectivity index (χ3n) is 3.04. The monoisotopic (exact) mass is 250 g/mol. The van der Waals surface area contributed by atoms with Crippen LogP contribution in [0, 0.1) is 0 Å². The Labute approximate surface area is 111 Å². The average Bonchev–Trinajstić information content (AvgIpc) is 2.38. The molecule has 0 aliphatic carbocycles. The Bertz CT molecular complexity index is 349. The smallest absolute Gasteiger partial charge is 0.225 e. The Morgan fingerprint density at radius 3 is 1.94 bits per heavy atom. The van der Waals surface area contributed by atoms with Crippen molar-refractivity contribution in [1.29, 1.82) is 0 Å². The van der Waals surface area contributed by atoms with Crippen LogP contribution < -0.4 is 10.2 Å². The SMILES string of the molecule is CCNCCc1c(CC)nc(N(C)C)nc1CC. The second-order valence-corrected chi connectivity index (χ2v) is 4.60. The zero-order valence-corrected chi connectivity index (χ0v) is 12.4. The normalized spacial score (nSPS) is 10.7. The molecule has 0 saturated heterocycles. The number of nitrogens with one attached hydrogen (secondary N) is 1. The molecule has 0 fully saturated rings. The van der Waals surface area contributed by atoms with E-state index in [0.717, 1.165) is 38.3 Å². The summed E-state index contributed by atoms with van der Waals surface area (Å²) in [5, 5.41) is 3.37. The first-order valence-corrected chi connectivity index (χ1v) is 6.90. The Hall–Kier alpha value is -1.16. The summed E-state index contributed by atoms with van der Waals surface area (Å²) < 4.78 is 0. The van der Waals surface area contributed by atoms with Gasteiger partial charge >= 0.3 is 0 Å². The molecular weight excluding hydrogens is 224 g/mol. The van der Waals surface area contributed by atoms with Gasteiger partial charge in [-0.1, -0.05) is 20.8 Å². The Morgan fingerprint density at radius 2 is 1.56 bits per heavy atom. The first-order chi connectivity index (χ1) is 8.63. The fraction of sp³-hybridized carbons (Fsp3) is 0.714. The fourth-order valence-corrected chi connectivity index (χ4v) is 2.03. The standard InChI is InChI=1S/C14H26N4/c1-6-12-11(9-10-15-8-3)13(7-2)17-14(16-12)18(4)5/h15H,6-10H2,1-5H3. The summed E-state index contributed by atoms with van der Waals surface area (Å²) in [6, 6.07) is 0. The number of rotatable bonds is 7. The molecule has 1 rings (SSSR count). The molecule has 4 heteroatoms. The van der Waals surface area contributed by atoms with Gasteiger partial charge in [-0.2, -0.15) is 0 Å². The maximum atomic E-state index is 4.67. The molecule has 1 N–H and O–H groups in total. The van der Waals surface area contributed by atoms with E-state index in [-0.39, 0.29) is 0 Å². The van der Waals surface area contributed by atoms with Gasteiger partial charge in [0.05, 0.1) is 0 Å². The highest BCUT2D eigenvalue weighted by Crippen LogP contribution is 2.17. The van der Waals surface area contributed by atoms with Crippen LogP contribution in [0.25, 0.3) is 0 Å². The zero-order valence-electron chi connectivity index (χ0n) is 12.4. The van der Waals surface area contributed by atoms with Crippen LogP contribution in [-0.2, 0) is 19.3 Å². The first kappa shape index (κ1) is 14.9. The van der Waals surface area contributed by atoms with Crippen molar-refractivity contribution in [3.63, 3.8) is 0 Å². The van der Waals surface area contributed by atoms with Crippen LogP contribution in [-0.4, -0.2) is 37.2 Å². The van der Waals surface area contributed by atoms with Crippen molar-refractivity contribution in [1.82, 2.24) is 15.3 Å². The Balaban J connectivity index is 3.05. The molecular formula is C14H26N4. The summed E-state index contributed by atoms with van der Waals surface area (Å²) >= 11 is 0. The van der Waals surface area contributed by atoms with Crippen molar-refractivity contribution >= 4 is 5.95 Å². The average molecular weight is 250 g/mol. The van der Waals surface area contributed by atoms with E-state index in [1.54, 1.807) is 0 Å². The quantitative estimate of drug-likeness (QED) is 0.750. The summed E-state index contributed by atoms with van der Waals surface area (Å²) in [6.45, 7) is 8.48. The van der Waals surface area contributed by atoms with Crippen molar-refractivity contribution < 1.29 is 0 Å². The zero-order chi connectivity index (χ0) is 13.5. The number of aromatic nitrogens is 2. The number of nitrogens with zero attached hydrogens (tertiary/aromatic N) is 3. The molecule has 1 aromatic heterocycles. The summed E-state index contributed by atoms with van der Waals surface area (Å²) in [7, 11) is 3.99. The number of anilines is 1. The lowest BCUT2D eigenvalue weighted by Crippen LogP contribution is -2.20. The molecule has 0 atom stereocenters. The molecule has 0 aliphatic rings. The molecule has 0 aromatic carbocycles. The highest BCUT2D eigenvalue weighted by Gasteiger charge is 2.12. The van der Waals surface area contributed by atoms with Gasteiger partial charge in [-0.25, -0.2) is 9.97 Å². The summed E-state index contributed by atoms with van der Waals surface area (Å²) in [5.41, 5.74) is 3.73. The third kappa shape index (κ3) is 3.67. The molecule has 0 unspecified atom stereocenters. The van der Waals surface area contributed by atoms with Crippen LogP contribution in [0.15, 0.2) is 0 Å². The second kappa shape index (κ2) is 7.31. The largest absolute Gasteiger partial charge is 0.347 e. The van der Waals surface area contributed by atoms with Crippen molar-refractivity contribution in [3.05, 3.63) is 17.0 Å². The maximum Gasteiger partial charge on any atom is 0.225 e. The lowest BCUT2D eigenvalue weighted by atomic mass is 10.0. The van der Waals surface area contributed by atoms with Crippen molar-refractivity contribution in [2.75, 3.05) is 32.1 Å². The fourth-order valence-electron chi connectivity index (χ4n) is 2.03. The van der Waals surface area contributed by atoms with Gasteiger partial charge in [0, 0.05) is 25.5 Å². The van der Waals surface area contributed by atoms with E-state index < -0.39 is 0 Å². The lowest BCUT2D eigenvalue weighted by molar-refractivity contribution is 0.701. The lowest BCUT2D eigenvalue weighted by Gasteiger charge is -2.17. The predicted octanol–water partition coefficient (Wildman–Crippen LogP) is 1.82. The molecule has 1 aromatic rings. The van der Waals surface area contributed by atoms with Gasteiger partial charge in [-0.15, -0.1) is 0 Å². The molecule has 0 amide bonds. The Morgan fingerprint density at radius 1 is 1.00 bits per heavy atom. The van der Waals surface area contributed by atoms with Gasteiger partial charge in [0.2, 0.25) is 5.95 Å². The van der Waals surface area contributed by atoms with Gasteiger partial charge in [0.1, 0.15) is 0 Å². The van der Waals surface area contributed by atoms with Crippen LogP contribution in [0.3, 0.4) is 0 Å². The van der Waals surface area contributed by atoms with Gasteiger partial charge in [-0.3, -0.25) is 0 Å². The number of hydrogen-bond acceptors (Lipinski definition) is 4. The van der Waals surface area contributed by atoms with Gasteiger partial charge < -0.3 is 10.2 Å². The van der Waals surface area contributed by atoms with Crippen molar-refractivity contribution in [2.24, 2.45) is 0 Å². The molecule has 0 aliphatic heterocycles. The maximum absolute atomic E-state index is 4.67. The minimum atomic E-state index is 0.830. The van der Waals surface area contributed by atoms with E-state index in [4.69, 9.17) is 0 Å². The molecule has 102 valence electrons. The van der Waals surface area contributed by atoms with Crippen LogP contribution in [0.2, 0.25) is 0 Å². The predicted molar refractivity (Wildman–Crippen MR) is 77.4 cm³/mol. The van der Waals surface area contributed by atoms with E-state index in [1.807, 2.05) is 19.0 Å². The first-order valence-electron chi connectivity index (χ1n) is 6.90. The van der Waals surface area contributed by atoms with Crippen LogP contribution in [0.1, 0.15) is 37.7 Å². The number of aryl methyl sites for hydroxylation is 2. The third-order valence-corrected chi connectivity index (χ3v) is 3.04. The highest BCUT2D eigenvalue weighted by molar-refractivity contribution is 5.36. The van der Waals surface area contributed by atoms with E-state index in [0.29, 0.717) is 0 Å². The van der Waals surface area contributed by atoms with E-state index in [2.05, 4.69) is 36.1 Å². The molecule has 0 radical (unpaired) electrons. The van der Waals surface area contributed by atoms with E-state index in [9.17, 15) is 0 Å². The van der Waals surface area contributed by atoms with E-state index >= 15 is 0 Å². The molecule has 18 heavy (non-hydrogen) atoms. The molecule has 1 heterocycles. The minimum Gasteiger partial charge on any atom is -0.347 e. The van der Waals surface area contributed by atoms with Crippen molar-refractivity contribution in [2.45, 2.75) is 40.0 Å². The van der Waals surface area contributed by atoms with Gasteiger partial charge in [0.25, 0.3) is 0 Å².